The highest BCUT2D eigenvalue weighted by atomic mass is 19.3. The fourth-order valence-electron chi connectivity index (χ4n) is 3.54. The van der Waals surface area contributed by atoms with Crippen molar-refractivity contribution in [3.05, 3.63) is 42.1 Å². The number of anilines is 1. The Bertz CT molecular complexity index is 838. The molecule has 8 heteroatoms. The summed E-state index contributed by atoms with van der Waals surface area (Å²) in [6.07, 6.45) is 2.89. The summed E-state index contributed by atoms with van der Waals surface area (Å²) in [5.74, 6) is -1.82. The number of benzene rings is 1. The van der Waals surface area contributed by atoms with Crippen molar-refractivity contribution in [2.75, 3.05) is 5.32 Å². The first kappa shape index (κ1) is 17.9. The SMILES string of the molecule is C[C@H](NC(=O)Nc1ccn(-c2ccc(C3(O)CC(F)(F)C3)cc2)n1)C1CC1. The first-order valence-corrected chi connectivity index (χ1v) is 9.08. The molecule has 0 aliphatic heterocycles. The Kier molecular flexibility index (Phi) is 4.18. The van der Waals surface area contributed by atoms with Gasteiger partial charge in [-0.3, -0.25) is 5.32 Å². The number of halogens is 2. The van der Waals surface area contributed by atoms with Gasteiger partial charge in [-0.15, -0.1) is 5.10 Å². The van der Waals surface area contributed by atoms with E-state index in [0.717, 1.165) is 12.8 Å². The number of hydrogen-bond donors (Lipinski definition) is 3. The van der Waals surface area contributed by atoms with E-state index in [1.54, 1.807) is 41.2 Å². The maximum absolute atomic E-state index is 13.1. The van der Waals surface area contributed by atoms with Gasteiger partial charge in [-0.2, -0.15) is 0 Å². The normalized spacial score (nSPS) is 21.2. The van der Waals surface area contributed by atoms with Crippen LogP contribution in [0.3, 0.4) is 0 Å². The van der Waals surface area contributed by atoms with Crippen LogP contribution in [0, 0.1) is 5.92 Å². The number of rotatable bonds is 5. The lowest BCUT2D eigenvalue weighted by Crippen LogP contribution is -2.49. The Hall–Kier alpha value is -2.48. The topological polar surface area (TPSA) is 79.2 Å². The smallest absolute Gasteiger partial charge is 0.320 e. The molecule has 0 spiro atoms. The lowest BCUT2D eigenvalue weighted by Gasteiger charge is -2.43. The van der Waals surface area contributed by atoms with Crippen LogP contribution in [0.5, 0.6) is 0 Å². The molecule has 27 heavy (non-hydrogen) atoms. The van der Waals surface area contributed by atoms with Gasteiger partial charge in [-0.1, -0.05) is 12.1 Å². The maximum atomic E-state index is 13.1. The summed E-state index contributed by atoms with van der Waals surface area (Å²) >= 11 is 0. The average Bonchev–Trinajstić information content (AvgIpc) is 3.33. The molecule has 1 aromatic carbocycles. The van der Waals surface area contributed by atoms with Crippen LogP contribution in [0.25, 0.3) is 5.69 Å². The number of amides is 2. The number of carbonyl (C=O) groups excluding carboxylic acids is 1. The molecule has 2 aliphatic carbocycles. The summed E-state index contributed by atoms with van der Waals surface area (Å²) in [5.41, 5.74) is -0.292. The number of alkyl halides is 2. The van der Waals surface area contributed by atoms with Crippen molar-refractivity contribution in [3.63, 3.8) is 0 Å². The number of nitrogens with one attached hydrogen (secondary N) is 2. The van der Waals surface area contributed by atoms with E-state index in [2.05, 4.69) is 15.7 Å². The highest BCUT2D eigenvalue weighted by molar-refractivity contribution is 5.88. The number of aromatic nitrogens is 2. The molecular weight excluding hydrogens is 354 g/mol. The zero-order valence-electron chi connectivity index (χ0n) is 15.0. The standard InChI is InChI=1S/C19H22F2N4O2/c1-12(13-2-3-13)22-17(26)23-16-8-9-25(24-16)15-6-4-14(5-7-15)18(27)10-19(20,21)11-18/h4-9,12-13,27H,2-3,10-11H2,1H3,(H2,22,23,24,26)/t12-/m0/s1. The molecule has 144 valence electrons. The maximum Gasteiger partial charge on any atom is 0.320 e. The van der Waals surface area contributed by atoms with Gasteiger partial charge in [0, 0.05) is 31.1 Å². The molecule has 0 bridgehead atoms. The molecule has 1 aromatic heterocycles. The van der Waals surface area contributed by atoms with Crippen LogP contribution in [0.1, 0.15) is 38.2 Å². The molecule has 2 amide bonds. The minimum Gasteiger partial charge on any atom is -0.385 e. The third kappa shape index (κ3) is 3.80. The largest absolute Gasteiger partial charge is 0.385 e. The summed E-state index contributed by atoms with van der Waals surface area (Å²) < 4.78 is 27.7. The molecule has 2 saturated carbocycles. The molecule has 6 nitrogen and oxygen atoms in total. The second-order valence-corrected chi connectivity index (χ2v) is 7.66. The van der Waals surface area contributed by atoms with Gasteiger partial charge in [0.1, 0.15) is 5.60 Å². The molecule has 0 saturated heterocycles. The molecule has 2 fully saturated rings. The minimum atomic E-state index is -2.80. The molecule has 4 rings (SSSR count). The van der Waals surface area contributed by atoms with Crippen molar-refractivity contribution in [1.29, 1.82) is 0 Å². The zero-order chi connectivity index (χ0) is 19.2. The molecule has 1 atom stereocenters. The van der Waals surface area contributed by atoms with Crippen molar-refractivity contribution >= 4 is 11.8 Å². The number of nitrogens with zero attached hydrogens (tertiary/aromatic N) is 2. The number of aliphatic hydroxyl groups is 1. The van der Waals surface area contributed by atoms with Crippen molar-refractivity contribution in [2.45, 2.75) is 50.2 Å². The van der Waals surface area contributed by atoms with Gasteiger partial charge in [-0.25, -0.2) is 18.3 Å². The lowest BCUT2D eigenvalue weighted by molar-refractivity contribution is -0.210. The number of carbonyl (C=O) groups is 1. The summed E-state index contributed by atoms with van der Waals surface area (Å²) in [6, 6.07) is 8.20. The molecule has 2 aromatic rings. The average molecular weight is 376 g/mol. The van der Waals surface area contributed by atoms with Gasteiger partial charge in [-0.05, 0) is 43.4 Å². The Morgan fingerprint density at radius 2 is 1.93 bits per heavy atom. The Morgan fingerprint density at radius 3 is 2.52 bits per heavy atom. The predicted molar refractivity (Wildman–Crippen MR) is 96.0 cm³/mol. The van der Waals surface area contributed by atoms with Gasteiger partial charge in [0.2, 0.25) is 0 Å². The highest BCUT2D eigenvalue weighted by Gasteiger charge is 2.56. The fraction of sp³-hybridized carbons (Fsp3) is 0.474. The quantitative estimate of drug-likeness (QED) is 0.748. The summed E-state index contributed by atoms with van der Waals surface area (Å²) in [4.78, 5) is 12.0. The third-order valence-corrected chi connectivity index (χ3v) is 5.29. The Labute approximate surface area is 155 Å². The summed E-state index contributed by atoms with van der Waals surface area (Å²) in [6.45, 7) is 1.99. The molecule has 3 N–H and O–H groups in total. The van der Waals surface area contributed by atoms with Gasteiger partial charge in [0.25, 0.3) is 5.92 Å². The van der Waals surface area contributed by atoms with E-state index >= 15 is 0 Å². The van der Waals surface area contributed by atoms with E-state index in [0.29, 0.717) is 23.0 Å². The minimum absolute atomic E-state index is 0.143. The Morgan fingerprint density at radius 1 is 1.26 bits per heavy atom. The zero-order valence-corrected chi connectivity index (χ0v) is 15.0. The fourth-order valence-corrected chi connectivity index (χ4v) is 3.54. The molecular formula is C19H22F2N4O2. The van der Waals surface area contributed by atoms with E-state index in [1.807, 2.05) is 6.92 Å². The van der Waals surface area contributed by atoms with E-state index < -0.39 is 24.4 Å². The van der Waals surface area contributed by atoms with Crippen LogP contribution in [-0.2, 0) is 5.60 Å². The summed E-state index contributed by atoms with van der Waals surface area (Å²) in [5, 5.41) is 20.1. The molecule has 1 heterocycles. The molecule has 0 unspecified atom stereocenters. The van der Waals surface area contributed by atoms with E-state index in [1.165, 1.54) is 0 Å². The van der Waals surface area contributed by atoms with Gasteiger partial charge < -0.3 is 10.4 Å². The van der Waals surface area contributed by atoms with Crippen molar-refractivity contribution in [2.24, 2.45) is 5.92 Å². The predicted octanol–water partition coefficient (Wildman–Crippen LogP) is 3.41. The summed E-state index contributed by atoms with van der Waals surface area (Å²) in [7, 11) is 0. The van der Waals surface area contributed by atoms with Crippen molar-refractivity contribution in [1.82, 2.24) is 15.1 Å². The first-order chi connectivity index (χ1) is 12.7. The van der Waals surface area contributed by atoms with Crippen LogP contribution in [0.4, 0.5) is 19.4 Å². The van der Waals surface area contributed by atoms with Gasteiger partial charge >= 0.3 is 6.03 Å². The third-order valence-electron chi connectivity index (χ3n) is 5.29. The second kappa shape index (κ2) is 6.30. The Balaban J connectivity index is 1.39. The molecule has 2 aliphatic rings. The number of hydrogen-bond acceptors (Lipinski definition) is 3. The second-order valence-electron chi connectivity index (χ2n) is 7.66. The van der Waals surface area contributed by atoms with Crippen LogP contribution < -0.4 is 10.6 Å². The molecule has 0 radical (unpaired) electrons. The van der Waals surface area contributed by atoms with Crippen molar-refractivity contribution in [3.8, 4) is 5.69 Å². The lowest BCUT2D eigenvalue weighted by atomic mass is 9.72. The van der Waals surface area contributed by atoms with E-state index in [4.69, 9.17) is 0 Å². The number of urea groups is 1. The van der Waals surface area contributed by atoms with E-state index in [-0.39, 0.29) is 12.1 Å². The monoisotopic (exact) mass is 376 g/mol. The van der Waals surface area contributed by atoms with Crippen LogP contribution in [0.15, 0.2) is 36.5 Å². The van der Waals surface area contributed by atoms with Crippen LogP contribution in [-0.4, -0.2) is 32.9 Å². The van der Waals surface area contributed by atoms with Gasteiger partial charge in [0.05, 0.1) is 5.69 Å². The van der Waals surface area contributed by atoms with Gasteiger partial charge in [0.15, 0.2) is 5.82 Å². The highest BCUT2D eigenvalue weighted by Crippen LogP contribution is 2.51. The van der Waals surface area contributed by atoms with Crippen LogP contribution in [0.2, 0.25) is 0 Å². The first-order valence-electron chi connectivity index (χ1n) is 9.08. The van der Waals surface area contributed by atoms with Crippen molar-refractivity contribution < 1.29 is 18.7 Å². The van der Waals surface area contributed by atoms with Crippen LogP contribution >= 0.6 is 0 Å². The van der Waals surface area contributed by atoms with E-state index in [9.17, 15) is 18.7 Å².